The molecule has 7 nitrogen and oxygen atoms in total. The summed E-state index contributed by atoms with van der Waals surface area (Å²) in [6.07, 6.45) is 3.17. The number of alkyl carbamates (subject to hydrolysis) is 1. The number of carbonyl (C=O) groups is 1. The van der Waals surface area contributed by atoms with E-state index in [9.17, 15) is 4.79 Å². The molecule has 0 spiro atoms. The number of hydrogen-bond donors (Lipinski definition) is 3. The Morgan fingerprint density at radius 1 is 1.32 bits per heavy atom. The van der Waals surface area contributed by atoms with Gasteiger partial charge in [-0.25, -0.2) is 4.79 Å². The summed E-state index contributed by atoms with van der Waals surface area (Å²) in [7, 11) is 1.71. The normalized spacial score (nSPS) is 13.1. The van der Waals surface area contributed by atoms with E-state index in [2.05, 4.69) is 32.9 Å². The highest BCUT2D eigenvalue weighted by Crippen LogP contribution is 2.07. The minimum atomic E-state index is -0.505. The van der Waals surface area contributed by atoms with Gasteiger partial charge in [0.2, 0.25) is 0 Å². The molecule has 0 aliphatic rings. The first-order valence-corrected chi connectivity index (χ1v) is 8.68. The van der Waals surface area contributed by atoms with Gasteiger partial charge in [-0.05, 0) is 39.3 Å². The lowest BCUT2D eigenvalue weighted by atomic mass is 10.1. The van der Waals surface area contributed by atoms with Crippen molar-refractivity contribution in [2.75, 3.05) is 13.6 Å². The number of rotatable bonds is 7. The van der Waals surface area contributed by atoms with Gasteiger partial charge in [0.05, 0.1) is 12.2 Å². The van der Waals surface area contributed by atoms with Crippen molar-refractivity contribution in [2.24, 2.45) is 4.99 Å². The van der Waals surface area contributed by atoms with Crippen LogP contribution in [0.2, 0.25) is 0 Å². The van der Waals surface area contributed by atoms with Crippen molar-refractivity contribution in [3.05, 3.63) is 30.1 Å². The molecule has 0 aromatic carbocycles. The second kappa shape index (κ2) is 10.5. The van der Waals surface area contributed by atoms with Crippen LogP contribution in [0.5, 0.6) is 0 Å². The molecule has 0 aliphatic carbocycles. The van der Waals surface area contributed by atoms with E-state index in [4.69, 9.17) is 4.74 Å². The number of ether oxygens (including phenoxy) is 1. The van der Waals surface area contributed by atoms with Crippen LogP contribution in [-0.4, -0.2) is 42.3 Å². The van der Waals surface area contributed by atoms with E-state index in [1.54, 1.807) is 13.2 Å². The number of nitrogens with zero attached hydrogens (tertiary/aromatic N) is 2. The molecule has 7 heteroatoms. The average Bonchev–Trinajstić information content (AvgIpc) is 2.54. The van der Waals surface area contributed by atoms with E-state index in [1.807, 2.05) is 39.0 Å². The second-order valence-electron chi connectivity index (χ2n) is 6.76. The van der Waals surface area contributed by atoms with E-state index in [0.717, 1.165) is 18.5 Å². The van der Waals surface area contributed by atoms with Crippen molar-refractivity contribution in [2.45, 2.75) is 58.7 Å². The Bertz CT molecular complexity index is 540. The Morgan fingerprint density at radius 2 is 2.08 bits per heavy atom. The molecule has 1 amide bonds. The first-order valence-electron chi connectivity index (χ1n) is 8.68. The number of carbonyl (C=O) groups excluding carboxylic acids is 1. The van der Waals surface area contributed by atoms with Crippen molar-refractivity contribution in [1.29, 1.82) is 0 Å². The summed E-state index contributed by atoms with van der Waals surface area (Å²) in [5.41, 5.74) is 0.427. The minimum Gasteiger partial charge on any atom is -0.444 e. The molecule has 1 heterocycles. The van der Waals surface area contributed by atoms with E-state index in [-0.39, 0.29) is 6.04 Å². The fraction of sp³-hybridized carbons (Fsp3) is 0.611. The summed E-state index contributed by atoms with van der Waals surface area (Å²) in [5, 5.41) is 9.35. The monoisotopic (exact) mass is 349 g/mol. The molecule has 0 bridgehead atoms. The third kappa shape index (κ3) is 9.54. The fourth-order valence-electron chi connectivity index (χ4n) is 2.17. The largest absolute Gasteiger partial charge is 0.444 e. The zero-order valence-electron chi connectivity index (χ0n) is 15.9. The van der Waals surface area contributed by atoms with Crippen LogP contribution in [0, 0.1) is 0 Å². The van der Waals surface area contributed by atoms with Crippen molar-refractivity contribution < 1.29 is 9.53 Å². The summed E-state index contributed by atoms with van der Waals surface area (Å²) in [4.78, 5) is 20.4. The summed E-state index contributed by atoms with van der Waals surface area (Å²) in [6.45, 7) is 8.78. The Morgan fingerprint density at radius 3 is 2.64 bits per heavy atom. The predicted octanol–water partition coefficient (Wildman–Crippen LogP) is 2.44. The summed E-state index contributed by atoms with van der Waals surface area (Å²) < 4.78 is 5.32. The van der Waals surface area contributed by atoms with E-state index < -0.39 is 11.7 Å². The quantitative estimate of drug-likeness (QED) is 0.520. The second-order valence-corrected chi connectivity index (χ2v) is 6.76. The molecular weight excluding hydrogens is 318 g/mol. The maximum Gasteiger partial charge on any atom is 0.407 e. The van der Waals surface area contributed by atoms with Crippen LogP contribution in [0.25, 0.3) is 0 Å². The van der Waals surface area contributed by atoms with Gasteiger partial charge in [-0.2, -0.15) is 0 Å². The van der Waals surface area contributed by atoms with E-state index >= 15 is 0 Å². The third-order valence-electron chi connectivity index (χ3n) is 3.26. The van der Waals surface area contributed by atoms with Crippen molar-refractivity contribution in [3.63, 3.8) is 0 Å². The molecule has 1 unspecified atom stereocenters. The molecule has 1 atom stereocenters. The lowest BCUT2D eigenvalue weighted by Gasteiger charge is -2.24. The molecule has 140 valence electrons. The van der Waals surface area contributed by atoms with Gasteiger partial charge in [0.25, 0.3) is 0 Å². The molecule has 0 fully saturated rings. The van der Waals surface area contributed by atoms with Gasteiger partial charge in [0.15, 0.2) is 5.96 Å². The van der Waals surface area contributed by atoms with Crippen LogP contribution in [0.3, 0.4) is 0 Å². The summed E-state index contributed by atoms with van der Waals surface area (Å²) >= 11 is 0. The first-order chi connectivity index (χ1) is 11.8. The average molecular weight is 349 g/mol. The number of aromatic nitrogens is 1. The topological polar surface area (TPSA) is 87.6 Å². The van der Waals surface area contributed by atoms with Gasteiger partial charge in [-0.3, -0.25) is 9.98 Å². The number of pyridine rings is 1. The van der Waals surface area contributed by atoms with Gasteiger partial charge in [-0.1, -0.05) is 19.4 Å². The minimum absolute atomic E-state index is 0.0340. The smallest absolute Gasteiger partial charge is 0.407 e. The van der Waals surface area contributed by atoms with Crippen molar-refractivity contribution in [3.8, 4) is 0 Å². The molecule has 0 radical (unpaired) electrons. The van der Waals surface area contributed by atoms with Crippen LogP contribution in [0.1, 0.15) is 46.2 Å². The van der Waals surface area contributed by atoms with Crippen LogP contribution in [0.15, 0.2) is 29.4 Å². The van der Waals surface area contributed by atoms with Crippen LogP contribution in [0.4, 0.5) is 4.79 Å². The highest BCUT2D eigenvalue weighted by molar-refractivity contribution is 5.79. The number of aliphatic imine (C=N–C) groups is 1. The van der Waals surface area contributed by atoms with E-state index in [0.29, 0.717) is 19.0 Å². The molecular formula is C18H31N5O2. The number of hydrogen-bond acceptors (Lipinski definition) is 4. The number of amides is 1. The van der Waals surface area contributed by atoms with E-state index in [1.165, 1.54) is 0 Å². The molecule has 0 aliphatic heterocycles. The summed E-state index contributed by atoms with van der Waals surface area (Å²) in [6, 6.07) is 5.74. The van der Waals surface area contributed by atoms with Crippen LogP contribution in [-0.2, 0) is 11.3 Å². The third-order valence-corrected chi connectivity index (χ3v) is 3.26. The maximum absolute atomic E-state index is 12.0. The Labute approximate surface area is 150 Å². The van der Waals surface area contributed by atoms with Crippen LogP contribution < -0.4 is 16.0 Å². The Balaban J connectivity index is 2.46. The molecule has 0 saturated carbocycles. The zero-order chi connectivity index (χ0) is 18.7. The molecule has 1 rings (SSSR count). The summed E-state index contributed by atoms with van der Waals surface area (Å²) in [5.74, 6) is 0.665. The molecule has 3 N–H and O–H groups in total. The van der Waals surface area contributed by atoms with Gasteiger partial charge < -0.3 is 20.7 Å². The van der Waals surface area contributed by atoms with Crippen molar-refractivity contribution >= 4 is 12.1 Å². The van der Waals surface area contributed by atoms with Gasteiger partial charge in [-0.15, -0.1) is 0 Å². The van der Waals surface area contributed by atoms with Crippen LogP contribution >= 0.6 is 0 Å². The SMILES string of the molecule is CCCC(CNC(=NC)NCc1ccccn1)NC(=O)OC(C)(C)C. The molecule has 1 aromatic heterocycles. The van der Waals surface area contributed by atoms with Gasteiger partial charge in [0.1, 0.15) is 5.60 Å². The Hall–Kier alpha value is -2.31. The maximum atomic E-state index is 12.0. The molecule has 25 heavy (non-hydrogen) atoms. The first kappa shape index (κ1) is 20.7. The number of nitrogens with one attached hydrogen (secondary N) is 3. The van der Waals surface area contributed by atoms with Gasteiger partial charge in [0, 0.05) is 25.8 Å². The zero-order valence-corrected chi connectivity index (χ0v) is 15.9. The Kier molecular flexibility index (Phi) is 8.74. The predicted molar refractivity (Wildman–Crippen MR) is 101 cm³/mol. The van der Waals surface area contributed by atoms with Crippen molar-refractivity contribution in [1.82, 2.24) is 20.9 Å². The molecule has 1 aromatic rings. The fourth-order valence-corrected chi connectivity index (χ4v) is 2.17. The standard InChI is InChI=1S/C18H31N5O2/c1-6-9-15(23-17(24)25-18(2,3)4)13-22-16(19-5)21-12-14-10-7-8-11-20-14/h7-8,10-11,15H,6,9,12-13H2,1-5H3,(H,23,24)(H2,19,21,22). The highest BCUT2D eigenvalue weighted by atomic mass is 16.6. The lowest BCUT2D eigenvalue weighted by Crippen LogP contribution is -2.48. The number of guanidine groups is 1. The van der Waals surface area contributed by atoms with Gasteiger partial charge >= 0.3 is 6.09 Å². The highest BCUT2D eigenvalue weighted by Gasteiger charge is 2.19. The lowest BCUT2D eigenvalue weighted by molar-refractivity contribution is 0.0502. The molecule has 0 saturated heterocycles.